The molecule has 11 heteroatoms. The lowest BCUT2D eigenvalue weighted by Crippen LogP contribution is -2.66. The third-order valence-corrected chi connectivity index (χ3v) is 4.33. The van der Waals surface area contributed by atoms with E-state index in [4.69, 9.17) is 14.2 Å². The SMILES string of the molecule is CC(=O)N[C@H]1C(OC2O[C@@H](C)[C@H](O)[C@@H](O)[C@H]2O)O[C@H](CO)[C@@H](O)[C@@H]1O. The largest absolute Gasteiger partial charge is 0.394 e. The Kier molecular flexibility index (Phi) is 6.70. The van der Waals surface area contributed by atoms with Crippen LogP contribution in [0, 0.1) is 0 Å². The van der Waals surface area contributed by atoms with Crippen LogP contribution in [0.1, 0.15) is 13.8 Å². The number of hydrogen-bond donors (Lipinski definition) is 7. The van der Waals surface area contributed by atoms with E-state index in [2.05, 4.69) is 5.32 Å². The smallest absolute Gasteiger partial charge is 0.217 e. The summed E-state index contributed by atoms with van der Waals surface area (Å²) in [5.41, 5.74) is 0. The van der Waals surface area contributed by atoms with Crippen molar-refractivity contribution < 1.29 is 49.6 Å². The van der Waals surface area contributed by atoms with Gasteiger partial charge in [-0.15, -0.1) is 0 Å². The van der Waals surface area contributed by atoms with Crippen LogP contribution in [0.2, 0.25) is 0 Å². The molecule has 2 unspecified atom stereocenters. The second-order valence-corrected chi connectivity index (χ2v) is 6.25. The van der Waals surface area contributed by atoms with Gasteiger partial charge in [0, 0.05) is 6.92 Å². The fraction of sp³-hybridized carbons (Fsp3) is 0.929. The monoisotopic (exact) mass is 367 g/mol. The number of ether oxygens (including phenoxy) is 3. The second kappa shape index (κ2) is 8.20. The molecule has 7 N–H and O–H groups in total. The van der Waals surface area contributed by atoms with Crippen molar-refractivity contribution in [3.63, 3.8) is 0 Å². The highest BCUT2D eigenvalue weighted by Crippen LogP contribution is 2.28. The number of nitrogens with one attached hydrogen (secondary N) is 1. The number of rotatable bonds is 4. The minimum absolute atomic E-state index is 0.537. The molecule has 146 valence electrons. The molecule has 0 spiro atoms. The van der Waals surface area contributed by atoms with Crippen LogP contribution in [-0.2, 0) is 19.0 Å². The topological polar surface area (TPSA) is 178 Å². The number of carbonyl (C=O) groups excluding carboxylic acids is 1. The number of carbonyl (C=O) groups is 1. The summed E-state index contributed by atoms with van der Waals surface area (Å²) in [7, 11) is 0. The molecule has 2 aliphatic heterocycles. The first kappa shape index (κ1) is 20.4. The fourth-order valence-electron chi connectivity index (χ4n) is 2.84. The van der Waals surface area contributed by atoms with Gasteiger partial charge >= 0.3 is 0 Å². The zero-order chi connectivity index (χ0) is 18.9. The first-order valence-electron chi connectivity index (χ1n) is 7.92. The van der Waals surface area contributed by atoms with Crippen molar-refractivity contribution in [3.8, 4) is 0 Å². The Morgan fingerprint density at radius 2 is 1.60 bits per heavy atom. The quantitative estimate of drug-likeness (QED) is 0.257. The molecule has 2 rings (SSSR count). The fourth-order valence-corrected chi connectivity index (χ4v) is 2.84. The van der Waals surface area contributed by atoms with Crippen molar-refractivity contribution in [2.24, 2.45) is 0 Å². The van der Waals surface area contributed by atoms with Crippen molar-refractivity contribution in [3.05, 3.63) is 0 Å². The maximum Gasteiger partial charge on any atom is 0.217 e. The molecule has 2 saturated heterocycles. The summed E-state index contributed by atoms with van der Waals surface area (Å²) in [6.07, 6.45) is -12.4. The highest BCUT2D eigenvalue weighted by Gasteiger charge is 2.49. The average Bonchev–Trinajstić information content (AvgIpc) is 2.56. The molecule has 0 saturated carbocycles. The van der Waals surface area contributed by atoms with E-state index < -0.39 is 73.9 Å². The Labute approximate surface area is 143 Å². The number of aliphatic hydroxyl groups is 6. The third-order valence-electron chi connectivity index (χ3n) is 4.33. The van der Waals surface area contributed by atoms with Gasteiger partial charge in [0.1, 0.15) is 42.7 Å². The molecule has 25 heavy (non-hydrogen) atoms. The van der Waals surface area contributed by atoms with Crippen molar-refractivity contribution in [1.82, 2.24) is 5.32 Å². The Balaban J connectivity index is 2.16. The molecule has 0 radical (unpaired) electrons. The maximum absolute atomic E-state index is 11.3. The molecule has 11 nitrogen and oxygen atoms in total. The van der Waals surface area contributed by atoms with Crippen LogP contribution in [-0.4, -0.2) is 105 Å². The summed E-state index contributed by atoms with van der Waals surface area (Å²) < 4.78 is 16.1. The predicted octanol–water partition coefficient (Wildman–Crippen LogP) is -4.23. The van der Waals surface area contributed by atoms with Crippen molar-refractivity contribution in [2.75, 3.05) is 6.61 Å². The predicted molar refractivity (Wildman–Crippen MR) is 78.8 cm³/mol. The molecular formula is C14H25NO10. The summed E-state index contributed by atoms with van der Waals surface area (Å²) >= 11 is 0. The molecule has 10 atom stereocenters. The molecular weight excluding hydrogens is 342 g/mol. The molecule has 0 bridgehead atoms. The van der Waals surface area contributed by atoms with Gasteiger partial charge < -0.3 is 50.2 Å². The van der Waals surface area contributed by atoms with E-state index in [9.17, 15) is 35.4 Å². The lowest BCUT2D eigenvalue weighted by Gasteiger charge is -2.45. The normalized spacial score (nSPS) is 48.2. The molecule has 0 aromatic heterocycles. The van der Waals surface area contributed by atoms with E-state index >= 15 is 0 Å². The van der Waals surface area contributed by atoms with Crippen molar-refractivity contribution >= 4 is 5.91 Å². The van der Waals surface area contributed by atoms with Crippen LogP contribution < -0.4 is 5.32 Å². The first-order valence-corrected chi connectivity index (χ1v) is 7.92. The zero-order valence-electron chi connectivity index (χ0n) is 13.8. The van der Waals surface area contributed by atoms with Gasteiger partial charge in [0.2, 0.25) is 5.91 Å². The maximum atomic E-state index is 11.3. The van der Waals surface area contributed by atoms with Gasteiger partial charge in [0.05, 0.1) is 12.7 Å². The van der Waals surface area contributed by atoms with Crippen molar-refractivity contribution in [2.45, 2.75) is 75.2 Å². The van der Waals surface area contributed by atoms with E-state index in [1.807, 2.05) is 0 Å². The van der Waals surface area contributed by atoms with Crippen LogP contribution in [0.15, 0.2) is 0 Å². The van der Waals surface area contributed by atoms with Gasteiger partial charge in [0.15, 0.2) is 12.6 Å². The van der Waals surface area contributed by atoms with Crippen LogP contribution in [0.3, 0.4) is 0 Å². The Bertz CT molecular complexity index is 465. The Morgan fingerprint density at radius 1 is 0.960 bits per heavy atom. The van der Waals surface area contributed by atoms with Gasteiger partial charge in [-0.05, 0) is 6.92 Å². The molecule has 2 heterocycles. The highest BCUT2D eigenvalue weighted by molar-refractivity contribution is 5.73. The minimum Gasteiger partial charge on any atom is -0.394 e. The molecule has 2 fully saturated rings. The summed E-state index contributed by atoms with van der Waals surface area (Å²) in [5, 5.41) is 61.2. The van der Waals surface area contributed by atoms with Crippen LogP contribution >= 0.6 is 0 Å². The van der Waals surface area contributed by atoms with Gasteiger partial charge in [0.25, 0.3) is 0 Å². The summed E-state index contributed by atoms with van der Waals surface area (Å²) in [6, 6.07) is -1.22. The number of hydrogen-bond acceptors (Lipinski definition) is 10. The number of amides is 1. The zero-order valence-corrected chi connectivity index (χ0v) is 13.8. The first-order chi connectivity index (χ1) is 11.7. The molecule has 0 aromatic carbocycles. The lowest BCUT2D eigenvalue weighted by molar-refractivity contribution is -0.359. The van der Waals surface area contributed by atoms with Crippen LogP contribution in [0.5, 0.6) is 0 Å². The van der Waals surface area contributed by atoms with E-state index in [0.29, 0.717) is 0 Å². The lowest BCUT2D eigenvalue weighted by atomic mass is 9.96. The summed E-state index contributed by atoms with van der Waals surface area (Å²) in [6.45, 7) is 2.01. The minimum atomic E-state index is -1.62. The molecule has 0 aliphatic carbocycles. The van der Waals surface area contributed by atoms with Crippen molar-refractivity contribution in [1.29, 1.82) is 0 Å². The van der Waals surface area contributed by atoms with Gasteiger partial charge in [-0.3, -0.25) is 4.79 Å². The van der Waals surface area contributed by atoms with Gasteiger partial charge in [-0.2, -0.15) is 0 Å². The van der Waals surface area contributed by atoms with Crippen LogP contribution in [0.4, 0.5) is 0 Å². The van der Waals surface area contributed by atoms with E-state index in [1.165, 1.54) is 13.8 Å². The van der Waals surface area contributed by atoms with Gasteiger partial charge in [-0.25, -0.2) is 0 Å². The standard InChI is InChI=1S/C14H25NO10/c1-4-8(18)11(21)12(22)14(23-4)25-13-7(15-5(2)17)10(20)9(19)6(3-16)24-13/h4,6-14,16,18-22H,3H2,1-2H3,(H,15,17)/t4-,6+,7+,8-,9+,10+,11+,12+,13?,14?/m0/s1. The molecule has 1 amide bonds. The molecule has 0 aromatic rings. The summed E-state index contributed by atoms with van der Waals surface area (Å²) in [4.78, 5) is 11.3. The third kappa shape index (κ3) is 4.27. The van der Waals surface area contributed by atoms with E-state index in [1.54, 1.807) is 0 Å². The highest BCUT2D eigenvalue weighted by atomic mass is 16.8. The number of aliphatic hydroxyl groups excluding tert-OH is 6. The second-order valence-electron chi connectivity index (χ2n) is 6.25. The molecule has 2 aliphatic rings. The van der Waals surface area contributed by atoms with Crippen LogP contribution in [0.25, 0.3) is 0 Å². The van der Waals surface area contributed by atoms with Gasteiger partial charge in [-0.1, -0.05) is 0 Å². The van der Waals surface area contributed by atoms with E-state index in [0.717, 1.165) is 0 Å². The summed E-state index contributed by atoms with van der Waals surface area (Å²) in [5.74, 6) is -0.537. The Morgan fingerprint density at radius 3 is 2.16 bits per heavy atom. The Hall–Kier alpha value is -0.890. The average molecular weight is 367 g/mol. The van der Waals surface area contributed by atoms with E-state index in [-0.39, 0.29) is 0 Å².